The van der Waals surface area contributed by atoms with Crippen LogP contribution in [0.15, 0.2) is 47.5 Å². The summed E-state index contributed by atoms with van der Waals surface area (Å²) in [5.41, 5.74) is 2.69. The maximum Gasteiger partial charge on any atom is 0.279 e. The van der Waals surface area contributed by atoms with Crippen molar-refractivity contribution in [2.45, 2.75) is 13.3 Å². The van der Waals surface area contributed by atoms with Crippen LogP contribution in [-0.4, -0.2) is 10.5 Å². The zero-order valence-electron chi connectivity index (χ0n) is 12.3. The predicted octanol–water partition coefficient (Wildman–Crippen LogP) is 3.68. The normalized spacial score (nSPS) is 12.0. The number of aryl methyl sites for hydroxylation is 2. The Bertz CT molecular complexity index is 907. The Balaban J connectivity index is 2.07. The molecule has 0 aliphatic carbocycles. The minimum Gasteiger partial charge on any atom is -0.319 e. The lowest BCUT2D eigenvalue weighted by Crippen LogP contribution is -2.13. The van der Waals surface area contributed by atoms with Crippen molar-refractivity contribution in [3.8, 4) is 0 Å². The first-order valence-corrected chi connectivity index (χ1v) is 7.83. The summed E-state index contributed by atoms with van der Waals surface area (Å²) in [6.45, 7) is 2.11. The molecule has 112 valence electrons. The molecule has 0 bridgehead atoms. The summed E-state index contributed by atoms with van der Waals surface area (Å²) in [7, 11) is 1.89. The molecule has 0 saturated heterocycles. The minimum atomic E-state index is -0.365. The fraction of sp³-hybridized carbons (Fsp3) is 0.176. The second-order valence-electron chi connectivity index (χ2n) is 5.02. The second kappa shape index (κ2) is 5.85. The van der Waals surface area contributed by atoms with Gasteiger partial charge in [0.1, 0.15) is 5.82 Å². The van der Waals surface area contributed by atoms with Gasteiger partial charge in [0.2, 0.25) is 0 Å². The number of halogens is 1. The van der Waals surface area contributed by atoms with Crippen LogP contribution in [0.4, 0.5) is 4.39 Å². The molecule has 3 rings (SSSR count). The molecule has 2 aromatic carbocycles. The largest absolute Gasteiger partial charge is 0.319 e. The molecule has 0 N–H and O–H groups in total. The van der Waals surface area contributed by atoms with Gasteiger partial charge in [-0.1, -0.05) is 24.3 Å². The van der Waals surface area contributed by atoms with E-state index < -0.39 is 0 Å². The van der Waals surface area contributed by atoms with Gasteiger partial charge in [-0.15, -0.1) is 0 Å². The highest BCUT2D eigenvalue weighted by atomic mass is 32.1. The summed E-state index contributed by atoms with van der Waals surface area (Å²) >= 11 is 1.48. The van der Waals surface area contributed by atoms with E-state index in [9.17, 15) is 9.18 Å². The van der Waals surface area contributed by atoms with Gasteiger partial charge in [-0.05, 0) is 48.4 Å². The Morgan fingerprint density at radius 3 is 2.64 bits per heavy atom. The molecule has 0 unspecified atom stereocenters. The molecule has 0 radical (unpaired) electrons. The van der Waals surface area contributed by atoms with E-state index in [2.05, 4.69) is 24.0 Å². The maximum atomic E-state index is 12.9. The molecule has 0 aliphatic rings. The molecular weight excluding hydrogens is 299 g/mol. The summed E-state index contributed by atoms with van der Waals surface area (Å²) in [4.78, 5) is 17.0. The lowest BCUT2D eigenvalue weighted by atomic mass is 10.2. The topological polar surface area (TPSA) is 34.4 Å². The van der Waals surface area contributed by atoms with Gasteiger partial charge >= 0.3 is 0 Å². The number of aromatic nitrogens is 1. The summed E-state index contributed by atoms with van der Waals surface area (Å²) < 4.78 is 15.9. The molecule has 1 amide bonds. The SMILES string of the molecule is CCc1ccc2c(c1)sc(=NC(=O)c1ccc(F)cc1)n2C. The van der Waals surface area contributed by atoms with Crippen molar-refractivity contribution in [3.05, 3.63) is 64.2 Å². The van der Waals surface area contributed by atoms with Crippen molar-refractivity contribution in [2.24, 2.45) is 12.0 Å². The fourth-order valence-electron chi connectivity index (χ4n) is 2.25. The van der Waals surface area contributed by atoms with Crippen LogP contribution in [0.5, 0.6) is 0 Å². The van der Waals surface area contributed by atoms with E-state index in [1.807, 2.05) is 17.7 Å². The smallest absolute Gasteiger partial charge is 0.279 e. The van der Waals surface area contributed by atoms with Gasteiger partial charge in [-0.25, -0.2) is 4.39 Å². The van der Waals surface area contributed by atoms with Crippen molar-refractivity contribution in [1.82, 2.24) is 4.57 Å². The van der Waals surface area contributed by atoms with Gasteiger partial charge in [0, 0.05) is 12.6 Å². The van der Waals surface area contributed by atoms with Gasteiger partial charge in [0.25, 0.3) is 5.91 Å². The van der Waals surface area contributed by atoms with Crippen LogP contribution in [0.3, 0.4) is 0 Å². The first kappa shape index (κ1) is 14.7. The first-order valence-electron chi connectivity index (χ1n) is 7.01. The van der Waals surface area contributed by atoms with Crippen molar-refractivity contribution in [2.75, 3.05) is 0 Å². The van der Waals surface area contributed by atoms with E-state index in [1.165, 1.54) is 41.2 Å². The molecule has 3 nitrogen and oxygen atoms in total. The standard InChI is InChI=1S/C17H15FN2OS/c1-3-11-4-9-14-15(10-11)22-17(20(14)2)19-16(21)12-5-7-13(18)8-6-12/h4-10H,3H2,1-2H3. The predicted molar refractivity (Wildman–Crippen MR) is 86.5 cm³/mol. The molecule has 0 aliphatic heterocycles. The zero-order valence-corrected chi connectivity index (χ0v) is 13.2. The molecule has 0 saturated carbocycles. The Kier molecular flexibility index (Phi) is 3.90. The molecule has 22 heavy (non-hydrogen) atoms. The van der Waals surface area contributed by atoms with E-state index >= 15 is 0 Å². The highest BCUT2D eigenvalue weighted by molar-refractivity contribution is 7.16. The summed E-state index contributed by atoms with van der Waals surface area (Å²) in [5.74, 6) is -0.728. The van der Waals surface area contributed by atoms with Gasteiger partial charge in [-0.3, -0.25) is 4.79 Å². The second-order valence-corrected chi connectivity index (χ2v) is 6.03. The van der Waals surface area contributed by atoms with E-state index in [1.54, 1.807) is 0 Å². The first-order chi connectivity index (χ1) is 10.6. The lowest BCUT2D eigenvalue weighted by Gasteiger charge is -1.98. The third-order valence-electron chi connectivity index (χ3n) is 3.57. The maximum absolute atomic E-state index is 12.9. The molecule has 1 aromatic heterocycles. The molecule has 1 heterocycles. The number of hydrogen-bond donors (Lipinski definition) is 0. The molecule has 0 fully saturated rings. The van der Waals surface area contributed by atoms with Gasteiger partial charge in [-0.2, -0.15) is 4.99 Å². The number of hydrogen-bond acceptors (Lipinski definition) is 2. The lowest BCUT2D eigenvalue weighted by molar-refractivity contribution is 0.0998. The van der Waals surface area contributed by atoms with Crippen molar-refractivity contribution >= 4 is 27.5 Å². The van der Waals surface area contributed by atoms with Crippen LogP contribution in [0.25, 0.3) is 10.2 Å². The van der Waals surface area contributed by atoms with E-state index in [0.717, 1.165) is 16.6 Å². The van der Waals surface area contributed by atoms with E-state index in [4.69, 9.17) is 0 Å². The Hall–Kier alpha value is -2.27. The van der Waals surface area contributed by atoms with Crippen LogP contribution in [-0.2, 0) is 13.5 Å². The molecule has 5 heteroatoms. The van der Waals surface area contributed by atoms with Crippen molar-refractivity contribution < 1.29 is 9.18 Å². The number of nitrogens with zero attached hydrogens (tertiary/aromatic N) is 2. The monoisotopic (exact) mass is 314 g/mol. The number of carbonyl (C=O) groups excluding carboxylic acids is 1. The van der Waals surface area contributed by atoms with Gasteiger partial charge in [0.05, 0.1) is 10.2 Å². The summed E-state index contributed by atoms with van der Waals surface area (Å²) in [5, 5.41) is 0. The van der Waals surface area contributed by atoms with E-state index in [-0.39, 0.29) is 11.7 Å². The van der Waals surface area contributed by atoms with Crippen LogP contribution in [0.2, 0.25) is 0 Å². The van der Waals surface area contributed by atoms with Gasteiger partial charge in [0.15, 0.2) is 4.80 Å². The van der Waals surface area contributed by atoms with Crippen LogP contribution >= 0.6 is 11.3 Å². The Morgan fingerprint density at radius 1 is 1.23 bits per heavy atom. The number of amides is 1. The van der Waals surface area contributed by atoms with Crippen molar-refractivity contribution in [1.29, 1.82) is 0 Å². The average molecular weight is 314 g/mol. The number of rotatable bonds is 2. The Labute approximate surface area is 131 Å². The summed E-state index contributed by atoms with van der Waals surface area (Å²) in [6.07, 6.45) is 0.971. The van der Waals surface area contributed by atoms with Crippen molar-refractivity contribution in [3.63, 3.8) is 0 Å². The third kappa shape index (κ3) is 2.72. The highest BCUT2D eigenvalue weighted by Crippen LogP contribution is 2.18. The molecular formula is C17H15FN2OS. The third-order valence-corrected chi connectivity index (χ3v) is 4.66. The highest BCUT2D eigenvalue weighted by Gasteiger charge is 2.07. The summed E-state index contributed by atoms with van der Waals surface area (Å²) in [6, 6.07) is 11.7. The molecule has 3 aromatic rings. The van der Waals surface area contributed by atoms with Crippen LogP contribution in [0.1, 0.15) is 22.8 Å². The average Bonchev–Trinajstić information content (AvgIpc) is 2.83. The minimum absolute atomic E-state index is 0.363. The molecule has 0 spiro atoms. The number of fused-ring (bicyclic) bond motifs is 1. The number of thiazole rings is 1. The number of carbonyl (C=O) groups is 1. The fourth-order valence-corrected chi connectivity index (χ4v) is 3.33. The molecule has 0 atom stereocenters. The number of benzene rings is 2. The van der Waals surface area contributed by atoms with Crippen LogP contribution in [0, 0.1) is 5.82 Å². The van der Waals surface area contributed by atoms with E-state index in [0.29, 0.717) is 10.4 Å². The van der Waals surface area contributed by atoms with Crippen LogP contribution < -0.4 is 4.80 Å². The van der Waals surface area contributed by atoms with Gasteiger partial charge < -0.3 is 4.57 Å². The quantitative estimate of drug-likeness (QED) is 0.710. The Morgan fingerprint density at radius 2 is 1.95 bits per heavy atom. The zero-order chi connectivity index (χ0) is 15.7.